The molecule has 0 N–H and O–H groups in total. The molecule has 0 saturated heterocycles. The van der Waals surface area contributed by atoms with Crippen LogP contribution in [0.2, 0.25) is 0 Å². The first kappa shape index (κ1) is 15.2. The molecule has 4 rings (SSSR count). The molecule has 0 spiro atoms. The van der Waals surface area contributed by atoms with Crippen molar-refractivity contribution in [1.82, 2.24) is 9.97 Å². The fourth-order valence-electron chi connectivity index (χ4n) is 3.25. The van der Waals surface area contributed by atoms with E-state index in [9.17, 15) is 0 Å². The minimum atomic E-state index is 0.105. The fourth-order valence-corrected chi connectivity index (χ4v) is 3.97. The third kappa shape index (κ3) is 2.67. The molecule has 6 heteroatoms. The average molecular weight is 340 g/mol. The lowest BCUT2D eigenvalue weighted by Gasteiger charge is -2.37. The highest BCUT2D eigenvalue weighted by atomic mass is 32.1. The zero-order valence-electron chi connectivity index (χ0n) is 13.8. The van der Waals surface area contributed by atoms with Crippen molar-refractivity contribution >= 4 is 33.1 Å². The van der Waals surface area contributed by atoms with E-state index in [1.807, 2.05) is 12.1 Å². The van der Waals surface area contributed by atoms with Gasteiger partial charge >= 0.3 is 0 Å². The molecule has 3 aromatic rings. The maximum Gasteiger partial charge on any atom is 0.143 e. The number of ether oxygens (including phenoxy) is 1. The van der Waals surface area contributed by atoms with Gasteiger partial charge in [0.15, 0.2) is 0 Å². The maximum absolute atomic E-state index is 6.23. The Bertz CT molecular complexity index is 850. The minimum Gasteiger partial charge on any atom is -0.485 e. The molecule has 0 fully saturated rings. The Kier molecular flexibility index (Phi) is 3.98. The van der Waals surface area contributed by atoms with Crippen LogP contribution in [0.5, 0.6) is 5.75 Å². The molecule has 124 valence electrons. The van der Waals surface area contributed by atoms with Crippen LogP contribution in [0.3, 0.4) is 0 Å². The van der Waals surface area contributed by atoms with Crippen molar-refractivity contribution in [2.24, 2.45) is 0 Å². The molecule has 0 radical (unpaired) electrons. The number of hydrogen-bond donors (Lipinski definition) is 0. The summed E-state index contributed by atoms with van der Waals surface area (Å²) in [4.78, 5) is 14.4. The number of nitrogens with zero attached hydrogens (tertiary/aromatic N) is 4. The van der Waals surface area contributed by atoms with Crippen molar-refractivity contribution in [2.75, 3.05) is 36.5 Å². The summed E-state index contributed by atoms with van der Waals surface area (Å²) >= 11 is 1.64. The Balaban J connectivity index is 1.56. The van der Waals surface area contributed by atoms with Gasteiger partial charge in [0.1, 0.15) is 28.8 Å². The molecular formula is C18H20N4OS. The van der Waals surface area contributed by atoms with E-state index in [0.29, 0.717) is 0 Å². The van der Waals surface area contributed by atoms with E-state index in [-0.39, 0.29) is 6.10 Å². The second kappa shape index (κ2) is 6.28. The summed E-state index contributed by atoms with van der Waals surface area (Å²) in [5.74, 6) is 1.93. The molecule has 1 atom stereocenters. The van der Waals surface area contributed by atoms with Gasteiger partial charge in [0.05, 0.1) is 24.2 Å². The van der Waals surface area contributed by atoms with E-state index in [1.165, 1.54) is 5.69 Å². The van der Waals surface area contributed by atoms with Gasteiger partial charge < -0.3 is 14.5 Å². The normalized spacial score (nSPS) is 16.8. The standard InChI is InChI=1S/C18H20N4OS/c1-3-22-11-13(23-16-7-5-4-6-15(16)22)10-21(2)17-14-8-9-24-18(14)20-12-19-17/h4-9,12-13H,3,10-11H2,1-2H3/t13-/m0/s1. The van der Waals surface area contributed by atoms with Crippen LogP contribution in [-0.2, 0) is 0 Å². The second-order valence-electron chi connectivity index (χ2n) is 5.96. The zero-order chi connectivity index (χ0) is 16.5. The van der Waals surface area contributed by atoms with E-state index in [2.05, 4.69) is 57.3 Å². The van der Waals surface area contributed by atoms with E-state index in [1.54, 1.807) is 17.7 Å². The van der Waals surface area contributed by atoms with Gasteiger partial charge in [-0.2, -0.15) is 0 Å². The van der Waals surface area contributed by atoms with Crippen LogP contribution in [0.25, 0.3) is 10.2 Å². The van der Waals surface area contributed by atoms with E-state index in [0.717, 1.165) is 41.4 Å². The number of thiophene rings is 1. The third-order valence-electron chi connectivity index (χ3n) is 4.39. The van der Waals surface area contributed by atoms with Crippen molar-refractivity contribution in [3.8, 4) is 5.75 Å². The van der Waals surface area contributed by atoms with Gasteiger partial charge in [-0.15, -0.1) is 11.3 Å². The largest absolute Gasteiger partial charge is 0.485 e. The van der Waals surface area contributed by atoms with Gasteiger partial charge in [-0.1, -0.05) is 12.1 Å². The third-order valence-corrected chi connectivity index (χ3v) is 5.21. The first-order valence-electron chi connectivity index (χ1n) is 8.16. The van der Waals surface area contributed by atoms with Crippen molar-refractivity contribution in [3.05, 3.63) is 42.0 Å². The summed E-state index contributed by atoms with van der Waals surface area (Å²) in [6.07, 6.45) is 1.74. The number of likely N-dealkylation sites (N-methyl/N-ethyl adjacent to an activating group) is 2. The van der Waals surface area contributed by atoms with Crippen LogP contribution >= 0.6 is 11.3 Å². The smallest absolute Gasteiger partial charge is 0.143 e. The Morgan fingerprint density at radius 3 is 3.04 bits per heavy atom. The van der Waals surface area contributed by atoms with Crippen molar-refractivity contribution in [1.29, 1.82) is 0 Å². The Labute approximate surface area is 145 Å². The van der Waals surface area contributed by atoms with Gasteiger partial charge in [0.2, 0.25) is 0 Å². The summed E-state index contributed by atoms with van der Waals surface area (Å²) < 4.78 is 6.23. The summed E-state index contributed by atoms with van der Waals surface area (Å²) in [5, 5.41) is 3.16. The van der Waals surface area contributed by atoms with Crippen LogP contribution < -0.4 is 14.5 Å². The molecule has 3 heterocycles. The van der Waals surface area contributed by atoms with Crippen LogP contribution in [0.15, 0.2) is 42.0 Å². The SMILES string of the molecule is CCN1C[C@H](CN(C)c2ncnc3sccc23)Oc2ccccc21. The molecule has 0 unspecified atom stereocenters. The number of aromatic nitrogens is 2. The second-order valence-corrected chi connectivity index (χ2v) is 6.86. The van der Waals surface area contributed by atoms with Gasteiger partial charge in [0, 0.05) is 13.6 Å². The van der Waals surface area contributed by atoms with E-state index < -0.39 is 0 Å². The lowest BCUT2D eigenvalue weighted by atomic mass is 10.2. The number of rotatable bonds is 4. The van der Waals surface area contributed by atoms with Gasteiger partial charge in [0.25, 0.3) is 0 Å². The highest BCUT2D eigenvalue weighted by Gasteiger charge is 2.26. The molecular weight excluding hydrogens is 320 g/mol. The molecule has 0 aliphatic carbocycles. The van der Waals surface area contributed by atoms with Crippen molar-refractivity contribution < 1.29 is 4.74 Å². The first-order chi connectivity index (χ1) is 11.8. The summed E-state index contributed by atoms with van der Waals surface area (Å²) in [7, 11) is 2.07. The molecule has 1 aliphatic rings. The van der Waals surface area contributed by atoms with Gasteiger partial charge in [-0.05, 0) is 30.5 Å². The Morgan fingerprint density at radius 2 is 2.17 bits per heavy atom. The molecule has 0 amide bonds. The topological polar surface area (TPSA) is 41.5 Å². The quantitative estimate of drug-likeness (QED) is 0.728. The predicted molar refractivity (Wildman–Crippen MR) is 99.4 cm³/mol. The number of fused-ring (bicyclic) bond motifs is 2. The maximum atomic E-state index is 6.23. The van der Waals surface area contributed by atoms with Crippen LogP contribution in [0.1, 0.15) is 6.92 Å². The molecule has 24 heavy (non-hydrogen) atoms. The number of para-hydroxylation sites is 2. The van der Waals surface area contributed by atoms with E-state index >= 15 is 0 Å². The average Bonchev–Trinajstić information content (AvgIpc) is 3.09. The molecule has 1 aromatic carbocycles. The lowest BCUT2D eigenvalue weighted by molar-refractivity contribution is 0.200. The molecule has 1 aliphatic heterocycles. The number of benzene rings is 1. The minimum absolute atomic E-state index is 0.105. The Hall–Kier alpha value is -2.34. The van der Waals surface area contributed by atoms with Gasteiger partial charge in [-0.25, -0.2) is 9.97 Å². The van der Waals surface area contributed by atoms with Gasteiger partial charge in [-0.3, -0.25) is 0 Å². The first-order valence-corrected chi connectivity index (χ1v) is 9.04. The number of anilines is 2. The fraction of sp³-hybridized carbons (Fsp3) is 0.333. The predicted octanol–water partition coefficient (Wildman–Crippen LogP) is 3.42. The van der Waals surface area contributed by atoms with Crippen LogP contribution in [-0.4, -0.2) is 42.8 Å². The van der Waals surface area contributed by atoms with Crippen LogP contribution in [0.4, 0.5) is 11.5 Å². The van der Waals surface area contributed by atoms with Crippen molar-refractivity contribution in [3.63, 3.8) is 0 Å². The molecule has 0 saturated carbocycles. The summed E-state index contributed by atoms with van der Waals surface area (Å²) in [5.41, 5.74) is 1.18. The summed E-state index contributed by atoms with van der Waals surface area (Å²) in [6.45, 7) is 4.83. The highest BCUT2D eigenvalue weighted by Crippen LogP contribution is 2.33. The number of hydrogen-bond acceptors (Lipinski definition) is 6. The lowest BCUT2D eigenvalue weighted by Crippen LogP contribution is -2.45. The Morgan fingerprint density at radius 1 is 1.29 bits per heavy atom. The van der Waals surface area contributed by atoms with E-state index in [4.69, 9.17) is 4.74 Å². The molecule has 5 nitrogen and oxygen atoms in total. The monoisotopic (exact) mass is 340 g/mol. The molecule has 0 bridgehead atoms. The van der Waals surface area contributed by atoms with Crippen LogP contribution in [0, 0.1) is 0 Å². The zero-order valence-corrected chi connectivity index (χ0v) is 14.7. The molecule has 2 aromatic heterocycles. The summed E-state index contributed by atoms with van der Waals surface area (Å²) in [6, 6.07) is 10.3. The highest BCUT2D eigenvalue weighted by molar-refractivity contribution is 7.16. The van der Waals surface area contributed by atoms with Crippen molar-refractivity contribution in [2.45, 2.75) is 13.0 Å².